The van der Waals surface area contributed by atoms with Crippen LogP contribution >= 0.6 is 24.0 Å². The van der Waals surface area contributed by atoms with Gasteiger partial charge in [0.25, 0.3) is 0 Å². The van der Waals surface area contributed by atoms with Gasteiger partial charge in [-0.1, -0.05) is 17.7 Å². The second kappa shape index (κ2) is 7.92. The van der Waals surface area contributed by atoms with Crippen LogP contribution in [0.25, 0.3) is 22.0 Å². The monoisotopic (exact) mass is 441 g/mol. The third kappa shape index (κ3) is 3.43. The van der Waals surface area contributed by atoms with Gasteiger partial charge < -0.3 is 10.6 Å². The van der Waals surface area contributed by atoms with Crippen molar-refractivity contribution in [3.05, 3.63) is 47.0 Å². The molecule has 2 aromatic carbocycles. The molecule has 0 unspecified atom stereocenters. The first-order chi connectivity index (χ1) is 14.1. The maximum Gasteiger partial charge on any atom is 0.233 e. The first-order valence-electron chi connectivity index (χ1n) is 9.81. The number of nitrogens with zero attached hydrogens (tertiary/aromatic N) is 2. The lowest BCUT2D eigenvalue weighted by Crippen LogP contribution is -2.56. The fourth-order valence-corrected chi connectivity index (χ4v) is 4.76. The number of rotatable bonds is 3. The topological polar surface area (TPSA) is 93.6 Å². The highest BCUT2D eigenvalue weighted by atomic mass is 35.5. The molecule has 2 bridgehead atoms. The van der Waals surface area contributed by atoms with E-state index in [9.17, 15) is 10.1 Å². The summed E-state index contributed by atoms with van der Waals surface area (Å²) >= 11 is 6.37. The maximum atomic E-state index is 13.1. The zero-order chi connectivity index (χ0) is 20.0. The molecule has 6 nitrogen and oxygen atoms in total. The van der Waals surface area contributed by atoms with Gasteiger partial charge in [0.05, 0.1) is 22.6 Å². The van der Waals surface area contributed by atoms with Crippen LogP contribution in [0.15, 0.2) is 36.4 Å². The molecular weight excluding hydrogens is 421 g/mol. The van der Waals surface area contributed by atoms with Crippen LogP contribution in [0, 0.1) is 16.7 Å². The quantitative estimate of drug-likeness (QED) is 0.551. The number of H-pyrrole nitrogens is 1. The summed E-state index contributed by atoms with van der Waals surface area (Å²) in [7, 11) is 0. The van der Waals surface area contributed by atoms with Crippen LogP contribution in [-0.4, -0.2) is 28.7 Å². The predicted molar refractivity (Wildman–Crippen MR) is 120 cm³/mol. The molecule has 8 heteroatoms. The van der Waals surface area contributed by atoms with Gasteiger partial charge in [0, 0.05) is 28.6 Å². The zero-order valence-electron chi connectivity index (χ0n) is 16.2. The predicted octanol–water partition coefficient (Wildman–Crippen LogP) is 4.65. The summed E-state index contributed by atoms with van der Waals surface area (Å²) in [5, 5.41) is 24.4. The van der Waals surface area contributed by atoms with Crippen molar-refractivity contribution in [2.75, 3.05) is 11.9 Å². The van der Waals surface area contributed by atoms with Crippen LogP contribution in [-0.2, 0) is 4.79 Å². The van der Waals surface area contributed by atoms with E-state index in [1.54, 1.807) is 18.2 Å². The van der Waals surface area contributed by atoms with Gasteiger partial charge in [0.15, 0.2) is 5.82 Å². The van der Waals surface area contributed by atoms with Gasteiger partial charge in [0.2, 0.25) is 5.91 Å². The second-order valence-corrected chi connectivity index (χ2v) is 8.44. The molecule has 1 saturated carbocycles. The van der Waals surface area contributed by atoms with Gasteiger partial charge >= 0.3 is 0 Å². The van der Waals surface area contributed by atoms with Crippen molar-refractivity contribution >= 4 is 46.6 Å². The summed E-state index contributed by atoms with van der Waals surface area (Å²) in [6, 6.07) is 13.7. The SMILES string of the molecule is Cl.N#Cc1ccc(Cl)c(-c2ccc3[nH]nc(NC(=O)C45CCC(CC4)NC5)c3c2)c1. The number of nitriles is 1. The number of hydrogen-bond acceptors (Lipinski definition) is 4. The molecule has 3 aliphatic rings. The summed E-state index contributed by atoms with van der Waals surface area (Å²) in [5.74, 6) is 0.563. The Morgan fingerprint density at radius 1 is 1.23 bits per heavy atom. The van der Waals surface area contributed by atoms with E-state index < -0.39 is 0 Å². The number of aromatic amines is 1. The van der Waals surface area contributed by atoms with Crippen molar-refractivity contribution in [3.63, 3.8) is 0 Å². The Hall–Kier alpha value is -2.59. The van der Waals surface area contributed by atoms with Crippen molar-refractivity contribution in [3.8, 4) is 17.2 Å². The molecule has 3 fully saturated rings. The number of carbonyl (C=O) groups is 1. The highest BCUT2D eigenvalue weighted by Gasteiger charge is 2.46. The van der Waals surface area contributed by atoms with E-state index >= 15 is 0 Å². The average molecular weight is 442 g/mol. The van der Waals surface area contributed by atoms with E-state index in [1.807, 2.05) is 18.2 Å². The molecule has 3 aromatic rings. The lowest BCUT2D eigenvalue weighted by molar-refractivity contribution is -0.129. The number of nitrogens with one attached hydrogen (secondary N) is 3. The van der Waals surface area contributed by atoms with Gasteiger partial charge in [-0.2, -0.15) is 10.4 Å². The van der Waals surface area contributed by atoms with Crippen molar-refractivity contribution in [1.29, 1.82) is 5.26 Å². The first kappa shape index (κ1) is 20.7. The molecule has 0 atom stereocenters. The van der Waals surface area contributed by atoms with Crippen LogP contribution in [0.4, 0.5) is 5.82 Å². The Kier molecular flexibility index (Phi) is 5.46. The number of halogens is 2. The van der Waals surface area contributed by atoms with Crippen LogP contribution in [0.1, 0.15) is 31.2 Å². The molecule has 2 saturated heterocycles. The number of amides is 1. The third-order valence-electron chi connectivity index (χ3n) is 6.35. The second-order valence-electron chi connectivity index (χ2n) is 8.03. The lowest BCUT2D eigenvalue weighted by Gasteiger charge is -2.45. The number of fused-ring (bicyclic) bond motifs is 4. The fraction of sp³-hybridized carbons (Fsp3) is 0.318. The molecule has 3 heterocycles. The summed E-state index contributed by atoms with van der Waals surface area (Å²) < 4.78 is 0. The van der Waals surface area contributed by atoms with E-state index in [4.69, 9.17) is 11.6 Å². The minimum Gasteiger partial charge on any atom is -0.313 e. The molecule has 1 aliphatic carbocycles. The molecule has 0 radical (unpaired) electrons. The Balaban J connectivity index is 0.00000218. The number of aromatic nitrogens is 2. The standard InChI is InChI=1S/C22H20ClN5O.ClH/c23-18-3-1-13(11-24)9-16(18)14-2-4-19-17(10-14)20(28-27-19)26-21(29)22-7-5-15(6-8-22)25-12-22;/h1-4,9-10,15,25H,5-8,12H2,(H2,26,27,28,29);1H. The molecule has 2 aliphatic heterocycles. The molecule has 1 aromatic heterocycles. The van der Waals surface area contributed by atoms with Crippen molar-refractivity contribution in [2.24, 2.45) is 5.41 Å². The van der Waals surface area contributed by atoms with Gasteiger partial charge in [-0.3, -0.25) is 9.89 Å². The van der Waals surface area contributed by atoms with Gasteiger partial charge in [-0.15, -0.1) is 12.4 Å². The first-order valence-corrected chi connectivity index (χ1v) is 10.2. The van der Waals surface area contributed by atoms with Gasteiger partial charge in [-0.05, 0) is 61.6 Å². The van der Waals surface area contributed by atoms with Crippen LogP contribution in [0.3, 0.4) is 0 Å². The Morgan fingerprint density at radius 3 is 2.73 bits per heavy atom. The normalized spacial score (nSPS) is 22.3. The summed E-state index contributed by atoms with van der Waals surface area (Å²) in [6.07, 6.45) is 3.93. The Morgan fingerprint density at radius 2 is 2.03 bits per heavy atom. The number of anilines is 1. The number of hydrogen-bond donors (Lipinski definition) is 3. The van der Waals surface area contributed by atoms with Gasteiger partial charge in [-0.25, -0.2) is 0 Å². The number of piperidine rings is 2. The fourth-order valence-electron chi connectivity index (χ4n) is 4.53. The minimum absolute atomic E-state index is 0. The Labute approximate surface area is 185 Å². The zero-order valence-corrected chi connectivity index (χ0v) is 17.7. The molecule has 30 heavy (non-hydrogen) atoms. The van der Waals surface area contributed by atoms with E-state index in [-0.39, 0.29) is 23.7 Å². The minimum atomic E-state index is -0.345. The highest BCUT2D eigenvalue weighted by Crippen LogP contribution is 2.41. The smallest absolute Gasteiger partial charge is 0.233 e. The summed E-state index contributed by atoms with van der Waals surface area (Å²) in [5.41, 5.74) is 2.68. The van der Waals surface area contributed by atoms with Crippen molar-refractivity contribution in [2.45, 2.75) is 31.7 Å². The van der Waals surface area contributed by atoms with Crippen molar-refractivity contribution < 1.29 is 4.79 Å². The maximum absolute atomic E-state index is 13.1. The third-order valence-corrected chi connectivity index (χ3v) is 6.68. The number of benzene rings is 2. The van der Waals surface area contributed by atoms with Gasteiger partial charge in [0.1, 0.15) is 0 Å². The molecular formula is C22H21Cl2N5O. The highest BCUT2D eigenvalue weighted by molar-refractivity contribution is 6.33. The van der Waals surface area contributed by atoms with Crippen LogP contribution in [0.2, 0.25) is 5.02 Å². The Bertz CT molecular complexity index is 1140. The molecule has 154 valence electrons. The van der Waals surface area contributed by atoms with E-state index in [0.717, 1.165) is 54.3 Å². The van der Waals surface area contributed by atoms with E-state index in [1.165, 1.54) is 0 Å². The molecule has 6 rings (SSSR count). The lowest BCUT2D eigenvalue weighted by atomic mass is 9.68. The van der Waals surface area contributed by atoms with E-state index in [0.29, 0.717) is 22.4 Å². The summed E-state index contributed by atoms with van der Waals surface area (Å²) in [4.78, 5) is 13.1. The number of carbonyl (C=O) groups excluding carboxylic acids is 1. The summed E-state index contributed by atoms with van der Waals surface area (Å²) in [6.45, 7) is 0.730. The average Bonchev–Trinajstić information content (AvgIpc) is 3.17. The van der Waals surface area contributed by atoms with E-state index in [2.05, 4.69) is 26.9 Å². The molecule has 1 amide bonds. The van der Waals surface area contributed by atoms with Crippen LogP contribution < -0.4 is 10.6 Å². The molecule has 0 spiro atoms. The molecule has 3 N–H and O–H groups in total. The largest absolute Gasteiger partial charge is 0.313 e. The van der Waals surface area contributed by atoms with Crippen LogP contribution in [0.5, 0.6) is 0 Å². The van der Waals surface area contributed by atoms with Crippen molar-refractivity contribution in [1.82, 2.24) is 15.5 Å².